The SMILES string of the molecule is CC1OC2(CCN(C)CC2)C2C1N2C(=O)CCc1c[nH]c2ccccc12. The van der Waals surface area contributed by atoms with Crippen molar-refractivity contribution in [1.82, 2.24) is 14.8 Å². The van der Waals surface area contributed by atoms with Crippen molar-refractivity contribution in [2.45, 2.75) is 56.4 Å². The van der Waals surface area contributed by atoms with Crippen LogP contribution in [0.3, 0.4) is 0 Å². The molecule has 1 N–H and O–H groups in total. The molecule has 5 nitrogen and oxygen atoms in total. The van der Waals surface area contributed by atoms with Gasteiger partial charge in [0.05, 0.1) is 23.8 Å². The Balaban J connectivity index is 1.27. The molecule has 3 saturated heterocycles. The smallest absolute Gasteiger partial charge is 0.223 e. The molecule has 3 aliphatic heterocycles. The predicted octanol–water partition coefficient (Wildman–Crippen LogP) is 2.56. The molecule has 138 valence electrons. The van der Waals surface area contributed by atoms with Crippen LogP contribution < -0.4 is 0 Å². The standard InChI is InChI=1S/C21H27N3O2/c1-14-19-20(21(26-14)9-11-23(2)12-10-21)24(19)18(25)8-7-15-13-22-17-6-4-3-5-16(15)17/h3-6,13-14,19-20,22H,7-12H2,1-2H3. The van der Waals surface area contributed by atoms with E-state index in [1.807, 2.05) is 12.3 Å². The van der Waals surface area contributed by atoms with Crippen LogP contribution in [0.25, 0.3) is 10.9 Å². The van der Waals surface area contributed by atoms with E-state index in [1.165, 1.54) is 10.9 Å². The van der Waals surface area contributed by atoms with E-state index in [9.17, 15) is 4.79 Å². The molecule has 1 aromatic carbocycles. The van der Waals surface area contributed by atoms with E-state index < -0.39 is 0 Å². The van der Waals surface area contributed by atoms with E-state index in [4.69, 9.17) is 4.74 Å². The summed E-state index contributed by atoms with van der Waals surface area (Å²) in [5, 5.41) is 1.23. The van der Waals surface area contributed by atoms with Crippen molar-refractivity contribution < 1.29 is 9.53 Å². The predicted molar refractivity (Wildman–Crippen MR) is 101 cm³/mol. The van der Waals surface area contributed by atoms with Gasteiger partial charge in [0.15, 0.2) is 0 Å². The highest BCUT2D eigenvalue weighted by atomic mass is 16.5. The summed E-state index contributed by atoms with van der Waals surface area (Å²) in [5.41, 5.74) is 2.29. The second kappa shape index (κ2) is 5.83. The van der Waals surface area contributed by atoms with Gasteiger partial charge in [-0.25, -0.2) is 0 Å². The van der Waals surface area contributed by atoms with Gasteiger partial charge in [-0.1, -0.05) is 18.2 Å². The van der Waals surface area contributed by atoms with Crippen LogP contribution in [0.5, 0.6) is 0 Å². The van der Waals surface area contributed by atoms with Gasteiger partial charge in [-0.05, 0) is 44.9 Å². The number of para-hydroxylation sites is 1. The topological polar surface area (TPSA) is 48.3 Å². The first-order valence-corrected chi connectivity index (χ1v) is 9.82. The summed E-state index contributed by atoms with van der Waals surface area (Å²) in [6.07, 6.45) is 5.68. The Morgan fingerprint density at radius 1 is 1.31 bits per heavy atom. The molecule has 1 amide bonds. The second-order valence-electron chi connectivity index (χ2n) is 8.29. The molecule has 5 rings (SSSR count). The molecular weight excluding hydrogens is 326 g/mol. The van der Waals surface area contributed by atoms with Crippen molar-refractivity contribution in [3.05, 3.63) is 36.0 Å². The van der Waals surface area contributed by atoms with Crippen LogP contribution in [0.1, 0.15) is 31.7 Å². The summed E-state index contributed by atoms with van der Waals surface area (Å²) >= 11 is 0. The van der Waals surface area contributed by atoms with Gasteiger partial charge in [-0.2, -0.15) is 0 Å². The number of nitrogens with one attached hydrogen (secondary N) is 1. The number of carbonyl (C=O) groups is 1. The quantitative estimate of drug-likeness (QED) is 0.863. The van der Waals surface area contributed by atoms with Crippen LogP contribution in [0.2, 0.25) is 0 Å². The summed E-state index contributed by atoms with van der Waals surface area (Å²) in [6.45, 7) is 4.26. The number of H-pyrrole nitrogens is 1. The Bertz CT molecular complexity index is 837. The Hall–Kier alpha value is -1.85. The molecule has 26 heavy (non-hydrogen) atoms. The van der Waals surface area contributed by atoms with Crippen LogP contribution in [0.15, 0.2) is 30.5 Å². The number of benzene rings is 1. The van der Waals surface area contributed by atoms with Crippen molar-refractivity contribution >= 4 is 16.8 Å². The third kappa shape index (κ3) is 2.41. The average Bonchev–Trinajstić information content (AvgIpc) is 3.19. The van der Waals surface area contributed by atoms with E-state index >= 15 is 0 Å². The lowest BCUT2D eigenvalue weighted by atomic mass is 9.88. The van der Waals surface area contributed by atoms with E-state index in [0.717, 1.165) is 37.9 Å². The number of rotatable bonds is 3. The number of fused-ring (bicyclic) bond motifs is 3. The summed E-state index contributed by atoms with van der Waals surface area (Å²) < 4.78 is 6.36. The zero-order chi connectivity index (χ0) is 17.9. The molecule has 0 saturated carbocycles. The highest BCUT2D eigenvalue weighted by Gasteiger charge is 2.70. The van der Waals surface area contributed by atoms with Crippen LogP contribution in [-0.4, -0.2) is 64.6 Å². The Kier molecular flexibility index (Phi) is 3.66. The van der Waals surface area contributed by atoms with Gasteiger partial charge in [0.1, 0.15) is 0 Å². The first-order valence-electron chi connectivity index (χ1n) is 9.82. The molecule has 1 aromatic heterocycles. The number of aromatic amines is 1. The van der Waals surface area contributed by atoms with Gasteiger partial charge >= 0.3 is 0 Å². The fourth-order valence-corrected chi connectivity index (χ4v) is 5.25. The lowest BCUT2D eigenvalue weighted by Gasteiger charge is -2.40. The summed E-state index contributed by atoms with van der Waals surface area (Å²) in [4.78, 5) is 20.7. The summed E-state index contributed by atoms with van der Waals surface area (Å²) in [6, 6.07) is 8.90. The number of ether oxygens (including phenoxy) is 1. The summed E-state index contributed by atoms with van der Waals surface area (Å²) in [7, 11) is 2.17. The second-order valence-corrected chi connectivity index (χ2v) is 8.29. The van der Waals surface area contributed by atoms with Crippen LogP contribution >= 0.6 is 0 Å². The number of hydrogen-bond donors (Lipinski definition) is 1. The lowest BCUT2D eigenvalue weighted by Crippen LogP contribution is -2.49. The molecule has 3 fully saturated rings. The Morgan fingerprint density at radius 2 is 2.08 bits per heavy atom. The largest absolute Gasteiger partial charge is 0.367 e. The number of likely N-dealkylation sites (tertiary alicyclic amines) is 1. The Labute approximate surface area is 154 Å². The molecule has 1 spiro atoms. The maximum atomic E-state index is 12.9. The monoisotopic (exact) mass is 353 g/mol. The zero-order valence-electron chi connectivity index (χ0n) is 15.6. The minimum atomic E-state index is -0.0902. The van der Waals surface area contributed by atoms with E-state index in [1.54, 1.807) is 0 Å². The van der Waals surface area contributed by atoms with Gasteiger partial charge in [0.25, 0.3) is 0 Å². The van der Waals surface area contributed by atoms with Crippen LogP contribution in [0, 0.1) is 0 Å². The number of amides is 1. The van der Waals surface area contributed by atoms with Crippen molar-refractivity contribution in [2.75, 3.05) is 20.1 Å². The fourth-order valence-electron chi connectivity index (χ4n) is 5.25. The summed E-state index contributed by atoms with van der Waals surface area (Å²) in [5.74, 6) is 0.290. The van der Waals surface area contributed by atoms with Crippen LogP contribution in [-0.2, 0) is 16.0 Å². The number of aryl methyl sites for hydroxylation is 1. The average molecular weight is 353 g/mol. The molecule has 3 aliphatic rings. The van der Waals surface area contributed by atoms with E-state index in [0.29, 0.717) is 24.4 Å². The highest BCUT2D eigenvalue weighted by Crippen LogP contribution is 2.53. The molecule has 0 aliphatic carbocycles. The van der Waals surface area contributed by atoms with Gasteiger partial charge < -0.3 is 19.5 Å². The van der Waals surface area contributed by atoms with E-state index in [-0.39, 0.29) is 11.7 Å². The van der Waals surface area contributed by atoms with Gasteiger partial charge in [0, 0.05) is 36.6 Å². The third-order valence-corrected chi connectivity index (χ3v) is 6.70. The Morgan fingerprint density at radius 3 is 2.88 bits per heavy atom. The number of nitrogens with zero attached hydrogens (tertiary/aromatic N) is 2. The maximum absolute atomic E-state index is 12.9. The third-order valence-electron chi connectivity index (χ3n) is 6.70. The maximum Gasteiger partial charge on any atom is 0.223 e. The molecule has 0 radical (unpaired) electrons. The van der Waals surface area contributed by atoms with Gasteiger partial charge in [-0.3, -0.25) is 4.79 Å². The number of aromatic nitrogens is 1. The number of morpholine rings is 1. The zero-order valence-corrected chi connectivity index (χ0v) is 15.6. The van der Waals surface area contributed by atoms with Gasteiger partial charge in [0.2, 0.25) is 5.91 Å². The molecule has 4 heterocycles. The molecular formula is C21H27N3O2. The van der Waals surface area contributed by atoms with Crippen LogP contribution in [0.4, 0.5) is 0 Å². The first kappa shape index (κ1) is 16.3. The molecule has 3 unspecified atom stereocenters. The fraction of sp³-hybridized carbons (Fsp3) is 0.571. The lowest BCUT2D eigenvalue weighted by molar-refractivity contribution is -0.139. The molecule has 3 atom stereocenters. The normalized spacial score (nSPS) is 30.1. The van der Waals surface area contributed by atoms with Crippen molar-refractivity contribution in [2.24, 2.45) is 0 Å². The van der Waals surface area contributed by atoms with Crippen molar-refractivity contribution in [1.29, 1.82) is 0 Å². The minimum Gasteiger partial charge on any atom is -0.367 e. The first-order chi connectivity index (χ1) is 12.6. The highest BCUT2D eigenvalue weighted by molar-refractivity contribution is 5.85. The van der Waals surface area contributed by atoms with E-state index in [2.05, 4.69) is 47.0 Å². The molecule has 2 aromatic rings. The van der Waals surface area contributed by atoms with Gasteiger partial charge in [-0.15, -0.1) is 0 Å². The number of hydrogen-bond acceptors (Lipinski definition) is 3. The van der Waals surface area contributed by atoms with Crippen molar-refractivity contribution in [3.63, 3.8) is 0 Å². The minimum absolute atomic E-state index is 0.0902. The number of carbonyl (C=O) groups excluding carboxylic acids is 1. The molecule has 5 heteroatoms. The number of piperidine rings is 1. The molecule has 0 bridgehead atoms. The van der Waals surface area contributed by atoms with Crippen molar-refractivity contribution in [3.8, 4) is 0 Å².